The molecule has 0 aliphatic rings. The van der Waals surface area contributed by atoms with Gasteiger partial charge in [-0.3, -0.25) is 0 Å². The van der Waals surface area contributed by atoms with E-state index in [2.05, 4.69) is 29.3 Å². The van der Waals surface area contributed by atoms with E-state index in [4.69, 9.17) is 14.0 Å². The predicted octanol–water partition coefficient (Wildman–Crippen LogP) is 2.50. The highest BCUT2D eigenvalue weighted by Gasteiger charge is 2.11. The highest BCUT2D eigenvalue weighted by atomic mass is 16.5. The van der Waals surface area contributed by atoms with E-state index in [9.17, 15) is 0 Å². The first-order valence-corrected chi connectivity index (χ1v) is 6.89. The van der Waals surface area contributed by atoms with E-state index in [1.54, 1.807) is 20.3 Å². The van der Waals surface area contributed by atoms with Gasteiger partial charge in [-0.25, -0.2) is 0 Å². The first-order chi connectivity index (χ1) is 10.1. The molecule has 0 unspecified atom stereocenters. The van der Waals surface area contributed by atoms with Crippen molar-refractivity contribution in [2.45, 2.75) is 20.4 Å². The molecule has 0 bridgehead atoms. The minimum absolute atomic E-state index is 0.522. The first-order valence-electron chi connectivity index (χ1n) is 6.89. The Morgan fingerprint density at radius 2 is 1.81 bits per heavy atom. The Kier molecular flexibility index (Phi) is 5.16. The Labute approximate surface area is 124 Å². The molecule has 0 amide bonds. The minimum Gasteiger partial charge on any atom is -0.497 e. The summed E-state index contributed by atoms with van der Waals surface area (Å²) in [6.07, 6.45) is 0. The number of rotatable bonds is 7. The van der Waals surface area contributed by atoms with Crippen molar-refractivity contribution in [3.8, 4) is 22.9 Å². The summed E-state index contributed by atoms with van der Waals surface area (Å²) >= 11 is 0. The second kappa shape index (κ2) is 7.08. The maximum absolute atomic E-state index is 5.24. The molecule has 6 nitrogen and oxygen atoms in total. The summed E-state index contributed by atoms with van der Waals surface area (Å²) in [7, 11) is 3.21. The molecule has 1 aromatic heterocycles. The summed E-state index contributed by atoms with van der Waals surface area (Å²) in [4.78, 5) is 4.38. The monoisotopic (exact) mass is 291 g/mol. The lowest BCUT2D eigenvalue weighted by molar-refractivity contribution is 0.364. The summed E-state index contributed by atoms with van der Waals surface area (Å²) in [5.74, 6) is 3.04. The topological polar surface area (TPSA) is 69.4 Å². The molecule has 21 heavy (non-hydrogen) atoms. The van der Waals surface area contributed by atoms with Crippen LogP contribution in [0.5, 0.6) is 11.5 Å². The zero-order valence-corrected chi connectivity index (χ0v) is 12.8. The fourth-order valence-corrected chi connectivity index (χ4v) is 1.85. The molecular weight excluding hydrogens is 270 g/mol. The Morgan fingerprint density at radius 3 is 2.38 bits per heavy atom. The molecule has 2 rings (SSSR count). The second-order valence-electron chi connectivity index (χ2n) is 5.14. The van der Waals surface area contributed by atoms with Crippen molar-refractivity contribution in [1.82, 2.24) is 15.5 Å². The van der Waals surface area contributed by atoms with Gasteiger partial charge in [0.25, 0.3) is 0 Å². The average Bonchev–Trinajstić information content (AvgIpc) is 2.95. The number of nitrogens with one attached hydrogen (secondary N) is 1. The van der Waals surface area contributed by atoms with E-state index < -0.39 is 0 Å². The molecule has 0 saturated heterocycles. The molecule has 0 aliphatic heterocycles. The lowest BCUT2D eigenvalue weighted by atomic mass is 10.2. The van der Waals surface area contributed by atoms with Crippen LogP contribution in [0.4, 0.5) is 0 Å². The van der Waals surface area contributed by atoms with Gasteiger partial charge in [0.15, 0.2) is 0 Å². The van der Waals surface area contributed by atoms with E-state index in [1.165, 1.54) is 0 Å². The van der Waals surface area contributed by atoms with Crippen LogP contribution >= 0.6 is 0 Å². The maximum atomic E-state index is 5.24. The van der Waals surface area contributed by atoms with Crippen LogP contribution in [0.3, 0.4) is 0 Å². The number of hydrogen-bond donors (Lipinski definition) is 1. The highest BCUT2D eigenvalue weighted by molar-refractivity contribution is 5.60. The van der Waals surface area contributed by atoms with Crippen LogP contribution in [0.1, 0.15) is 19.7 Å². The van der Waals surface area contributed by atoms with Crippen molar-refractivity contribution >= 4 is 0 Å². The van der Waals surface area contributed by atoms with Gasteiger partial charge in [-0.1, -0.05) is 19.0 Å². The van der Waals surface area contributed by atoms with Gasteiger partial charge in [0.2, 0.25) is 11.7 Å². The van der Waals surface area contributed by atoms with Gasteiger partial charge in [0, 0.05) is 11.6 Å². The van der Waals surface area contributed by atoms with E-state index in [1.807, 2.05) is 12.1 Å². The number of nitrogens with zero attached hydrogens (tertiary/aromatic N) is 2. The van der Waals surface area contributed by atoms with Crippen LogP contribution in [0, 0.1) is 5.92 Å². The van der Waals surface area contributed by atoms with Crippen LogP contribution < -0.4 is 14.8 Å². The van der Waals surface area contributed by atoms with Gasteiger partial charge in [0.05, 0.1) is 20.8 Å². The Hall–Kier alpha value is -2.08. The van der Waals surface area contributed by atoms with Crippen molar-refractivity contribution in [2.24, 2.45) is 5.92 Å². The molecule has 1 aromatic carbocycles. The fourth-order valence-electron chi connectivity index (χ4n) is 1.85. The van der Waals surface area contributed by atoms with Gasteiger partial charge in [-0.15, -0.1) is 0 Å². The van der Waals surface area contributed by atoms with Crippen molar-refractivity contribution < 1.29 is 14.0 Å². The van der Waals surface area contributed by atoms with Crippen molar-refractivity contribution in [1.29, 1.82) is 0 Å². The van der Waals surface area contributed by atoms with E-state index in [-0.39, 0.29) is 0 Å². The number of methoxy groups -OCH3 is 2. The van der Waals surface area contributed by atoms with Crippen LogP contribution in [0.25, 0.3) is 11.4 Å². The van der Waals surface area contributed by atoms with Crippen molar-refractivity contribution in [3.05, 3.63) is 24.1 Å². The molecule has 114 valence electrons. The molecule has 6 heteroatoms. The molecule has 2 aromatic rings. The normalized spacial score (nSPS) is 10.9. The van der Waals surface area contributed by atoms with Gasteiger partial charge in [0.1, 0.15) is 11.5 Å². The van der Waals surface area contributed by atoms with Crippen LogP contribution in [-0.4, -0.2) is 30.9 Å². The third kappa shape index (κ3) is 4.19. The van der Waals surface area contributed by atoms with Gasteiger partial charge >= 0.3 is 0 Å². The SMILES string of the molecule is COc1cc(OC)cc(-c2noc(CNCC(C)C)n2)c1. The van der Waals surface area contributed by atoms with E-state index in [0.29, 0.717) is 35.7 Å². The average molecular weight is 291 g/mol. The third-order valence-corrected chi connectivity index (χ3v) is 2.91. The summed E-state index contributed by atoms with van der Waals surface area (Å²) in [6, 6.07) is 5.49. The Bertz CT molecular complexity index is 559. The quantitative estimate of drug-likeness (QED) is 0.845. The maximum Gasteiger partial charge on any atom is 0.240 e. The summed E-state index contributed by atoms with van der Waals surface area (Å²) in [6.45, 7) is 5.76. The van der Waals surface area contributed by atoms with Gasteiger partial charge < -0.3 is 19.3 Å². The molecule has 0 spiro atoms. The van der Waals surface area contributed by atoms with E-state index in [0.717, 1.165) is 12.1 Å². The second-order valence-corrected chi connectivity index (χ2v) is 5.14. The predicted molar refractivity (Wildman–Crippen MR) is 79.4 cm³/mol. The van der Waals surface area contributed by atoms with Crippen LogP contribution in [-0.2, 0) is 6.54 Å². The molecule has 0 aliphatic carbocycles. The molecule has 1 N–H and O–H groups in total. The molecular formula is C15H21N3O3. The van der Waals surface area contributed by atoms with Crippen molar-refractivity contribution in [2.75, 3.05) is 20.8 Å². The number of hydrogen-bond acceptors (Lipinski definition) is 6. The lowest BCUT2D eigenvalue weighted by Crippen LogP contribution is -2.19. The fraction of sp³-hybridized carbons (Fsp3) is 0.467. The third-order valence-electron chi connectivity index (χ3n) is 2.91. The Balaban J connectivity index is 2.13. The van der Waals surface area contributed by atoms with Crippen molar-refractivity contribution in [3.63, 3.8) is 0 Å². The Morgan fingerprint density at radius 1 is 1.14 bits per heavy atom. The summed E-state index contributed by atoms with van der Waals surface area (Å²) in [5, 5.41) is 7.26. The minimum atomic E-state index is 0.522. The number of benzene rings is 1. The van der Waals surface area contributed by atoms with Gasteiger partial charge in [-0.05, 0) is 24.6 Å². The standard InChI is InChI=1S/C15H21N3O3/c1-10(2)8-16-9-14-17-15(18-21-14)11-5-12(19-3)7-13(6-11)20-4/h5-7,10,16H,8-9H2,1-4H3. The zero-order chi connectivity index (χ0) is 15.2. The molecule has 0 fully saturated rings. The smallest absolute Gasteiger partial charge is 0.240 e. The number of aromatic nitrogens is 2. The summed E-state index contributed by atoms with van der Waals surface area (Å²) in [5.41, 5.74) is 0.796. The molecule has 0 saturated carbocycles. The molecule has 1 heterocycles. The summed E-state index contributed by atoms with van der Waals surface area (Å²) < 4.78 is 15.7. The number of ether oxygens (including phenoxy) is 2. The first kappa shape index (κ1) is 15.3. The zero-order valence-electron chi connectivity index (χ0n) is 12.8. The van der Waals surface area contributed by atoms with Crippen LogP contribution in [0.2, 0.25) is 0 Å². The van der Waals surface area contributed by atoms with Gasteiger partial charge in [-0.2, -0.15) is 4.98 Å². The molecule has 0 radical (unpaired) electrons. The lowest BCUT2D eigenvalue weighted by Gasteiger charge is -2.05. The highest BCUT2D eigenvalue weighted by Crippen LogP contribution is 2.28. The van der Waals surface area contributed by atoms with Crippen LogP contribution in [0.15, 0.2) is 22.7 Å². The molecule has 0 atom stereocenters. The largest absolute Gasteiger partial charge is 0.497 e. The van der Waals surface area contributed by atoms with E-state index >= 15 is 0 Å².